The number of aromatic nitrogens is 1. The summed E-state index contributed by atoms with van der Waals surface area (Å²) in [5.41, 5.74) is 3.27. The minimum Gasteiger partial charge on any atom is -0.494 e. The maximum atomic E-state index is 13.5. The second-order valence-corrected chi connectivity index (χ2v) is 9.91. The van der Waals surface area contributed by atoms with Gasteiger partial charge in [-0.3, -0.25) is 14.6 Å². The largest absolute Gasteiger partial charge is 0.494 e. The number of thioether (sulfide) groups is 1. The van der Waals surface area contributed by atoms with Crippen LogP contribution >= 0.6 is 23.4 Å². The standard InChI is InChI=1S/C29H26ClN5O3S/c1-3-38-23-10-8-21(9-11-23)34-25(36)17-39-29-24(16-31)27(19-12-14-32-15-13-19)26(18(2)33-29)28(37)35-22-6-4-20(30)5-7-22/h4-15,27,33H,3,17H2,1-2H3,(H,34,36)(H,35,37)/t27-/m1/s1. The van der Waals surface area contributed by atoms with Crippen LogP contribution < -0.4 is 20.7 Å². The first-order valence-corrected chi connectivity index (χ1v) is 13.5. The van der Waals surface area contributed by atoms with Crippen molar-refractivity contribution in [3.8, 4) is 11.8 Å². The summed E-state index contributed by atoms with van der Waals surface area (Å²) in [6, 6.07) is 19.7. The second-order valence-electron chi connectivity index (χ2n) is 8.49. The molecule has 0 saturated heterocycles. The highest BCUT2D eigenvalue weighted by Crippen LogP contribution is 2.40. The minimum atomic E-state index is -0.650. The van der Waals surface area contributed by atoms with Gasteiger partial charge in [0, 0.05) is 40.1 Å². The van der Waals surface area contributed by atoms with E-state index in [0.29, 0.717) is 44.9 Å². The molecule has 0 aliphatic carbocycles. The van der Waals surface area contributed by atoms with Crippen LogP contribution in [0.25, 0.3) is 0 Å². The molecule has 0 fully saturated rings. The van der Waals surface area contributed by atoms with Gasteiger partial charge in [0.15, 0.2) is 0 Å². The van der Waals surface area contributed by atoms with E-state index in [-0.39, 0.29) is 17.6 Å². The number of nitrogens with zero attached hydrogens (tertiary/aromatic N) is 2. The number of hydrogen-bond donors (Lipinski definition) is 3. The third-order valence-electron chi connectivity index (χ3n) is 5.83. The van der Waals surface area contributed by atoms with Crippen LogP contribution in [0.2, 0.25) is 5.02 Å². The molecule has 0 bridgehead atoms. The molecule has 4 rings (SSSR count). The number of carbonyl (C=O) groups excluding carboxylic acids is 2. The van der Waals surface area contributed by atoms with Crippen LogP contribution in [0.4, 0.5) is 11.4 Å². The lowest BCUT2D eigenvalue weighted by Gasteiger charge is -2.29. The number of dihydropyridines is 1. The number of anilines is 2. The molecule has 198 valence electrons. The first-order chi connectivity index (χ1) is 18.9. The molecule has 1 aliphatic heterocycles. The Hall–Kier alpha value is -4.26. The lowest BCUT2D eigenvalue weighted by molar-refractivity contribution is -0.114. The van der Waals surface area contributed by atoms with Crippen LogP contribution in [0, 0.1) is 11.3 Å². The van der Waals surface area contributed by atoms with Gasteiger partial charge in [-0.25, -0.2) is 0 Å². The summed E-state index contributed by atoms with van der Waals surface area (Å²) in [4.78, 5) is 30.3. The van der Waals surface area contributed by atoms with Crippen LogP contribution in [-0.4, -0.2) is 29.2 Å². The lowest BCUT2D eigenvalue weighted by atomic mass is 9.82. The first kappa shape index (κ1) is 27.8. The number of halogens is 1. The zero-order chi connectivity index (χ0) is 27.8. The summed E-state index contributed by atoms with van der Waals surface area (Å²) in [6.45, 7) is 4.24. The molecule has 10 heteroatoms. The molecule has 0 radical (unpaired) electrons. The fourth-order valence-electron chi connectivity index (χ4n) is 4.08. The van der Waals surface area contributed by atoms with Gasteiger partial charge in [0.2, 0.25) is 5.91 Å². The Kier molecular flexibility index (Phi) is 9.26. The number of allylic oxidation sites excluding steroid dienone is 2. The summed E-state index contributed by atoms with van der Waals surface area (Å²) in [5, 5.41) is 20.2. The van der Waals surface area contributed by atoms with Crippen molar-refractivity contribution in [3.05, 3.63) is 106 Å². The molecule has 1 aliphatic rings. The van der Waals surface area contributed by atoms with Crippen molar-refractivity contribution in [1.29, 1.82) is 5.26 Å². The molecular formula is C29H26ClN5O3S. The van der Waals surface area contributed by atoms with E-state index in [1.165, 1.54) is 11.8 Å². The van der Waals surface area contributed by atoms with Crippen molar-refractivity contribution < 1.29 is 14.3 Å². The number of benzene rings is 2. The number of nitriles is 1. The van der Waals surface area contributed by atoms with Gasteiger partial charge in [-0.15, -0.1) is 0 Å². The Bertz CT molecular complexity index is 1450. The number of carbonyl (C=O) groups is 2. The number of rotatable bonds is 9. The topological polar surface area (TPSA) is 116 Å². The molecule has 8 nitrogen and oxygen atoms in total. The van der Waals surface area contributed by atoms with Gasteiger partial charge in [0.05, 0.1) is 34.9 Å². The Labute approximate surface area is 236 Å². The molecule has 0 unspecified atom stereocenters. The van der Waals surface area contributed by atoms with Crippen LogP contribution in [0.1, 0.15) is 25.3 Å². The second kappa shape index (κ2) is 13.0. The van der Waals surface area contributed by atoms with E-state index in [4.69, 9.17) is 16.3 Å². The number of nitrogens with one attached hydrogen (secondary N) is 3. The summed E-state index contributed by atoms with van der Waals surface area (Å²) in [5.74, 6) is -0.453. The third-order valence-corrected chi connectivity index (χ3v) is 7.10. The Morgan fingerprint density at radius 3 is 2.33 bits per heavy atom. The van der Waals surface area contributed by atoms with Crippen molar-refractivity contribution in [2.45, 2.75) is 19.8 Å². The molecule has 1 atom stereocenters. The highest BCUT2D eigenvalue weighted by molar-refractivity contribution is 8.03. The van der Waals surface area contributed by atoms with Gasteiger partial charge in [0.25, 0.3) is 5.91 Å². The average Bonchev–Trinajstić information content (AvgIpc) is 2.94. The van der Waals surface area contributed by atoms with E-state index in [2.05, 4.69) is 27.0 Å². The molecule has 2 heterocycles. The monoisotopic (exact) mass is 559 g/mol. The first-order valence-electron chi connectivity index (χ1n) is 12.1. The van der Waals surface area contributed by atoms with Gasteiger partial charge in [-0.1, -0.05) is 23.4 Å². The molecule has 1 aromatic heterocycles. The molecule has 0 spiro atoms. The lowest BCUT2D eigenvalue weighted by Crippen LogP contribution is -2.31. The van der Waals surface area contributed by atoms with Gasteiger partial charge in [-0.05, 0) is 80.1 Å². The summed E-state index contributed by atoms with van der Waals surface area (Å²) >= 11 is 7.18. The van der Waals surface area contributed by atoms with Crippen LogP contribution in [-0.2, 0) is 9.59 Å². The predicted molar refractivity (Wildman–Crippen MR) is 154 cm³/mol. The number of pyridine rings is 1. The zero-order valence-electron chi connectivity index (χ0n) is 21.3. The van der Waals surface area contributed by atoms with E-state index in [9.17, 15) is 14.9 Å². The van der Waals surface area contributed by atoms with E-state index in [1.54, 1.807) is 80.0 Å². The molecule has 0 saturated carbocycles. The molecular weight excluding hydrogens is 534 g/mol. The van der Waals surface area contributed by atoms with E-state index >= 15 is 0 Å². The van der Waals surface area contributed by atoms with Gasteiger partial charge in [-0.2, -0.15) is 5.26 Å². The maximum absolute atomic E-state index is 13.5. The molecule has 3 N–H and O–H groups in total. The van der Waals surface area contributed by atoms with Crippen molar-refractivity contribution in [2.24, 2.45) is 0 Å². The fraction of sp³-hybridized carbons (Fsp3) is 0.172. The predicted octanol–water partition coefficient (Wildman–Crippen LogP) is 5.84. The van der Waals surface area contributed by atoms with Gasteiger partial charge >= 0.3 is 0 Å². The van der Waals surface area contributed by atoms with Crippen LogP contribution in [0.15, 0.2) is 94.9 Å². The fourth-order valence-corrected chi connectivity index (χ4v) is 5.10. The number of ether oxygens (including phenoxy) is 1. The van der Waals surface area contributed by atoms with E-state index < -0.39 is 5.92 Å². The van der Waals surface area contributed by atoms with Crippen LogP contribution in [0.3, 0.4) is 0 Å². The normalized spacial score (nSPS) is 14.8. The molecule has 2 amide bonds. The van der Waals surface area contributed by atoms with Gasteiger partial charge in [0.1, 0.15) is 5.75 Å². The Morgan fingerprint density at radius 2 is 1.69 bits per heavy atom. The maximum Gasteiger partial charge on any atom is 0.254 e. The van der Waals surface area contributed by atoms with E-state index in [1.807, 2.05) is 6.92 Å². The Morgan fingerprint density at radius 1 is 1.05 bits per heavy atom. The highest BCUT2D eigenvalue weighted by Gasteiger charge is 2.35. The third kappa shape index (κ3) is 6.99. The zero-order valence-corrected chi connectivity index (χ0v) is 22.9. The summed E-state index contributed by atoms with van der Waals surface area (Å²) < 4.78 is 5.43. The van der Waals surface area contributed by atoms with Crippen molar-refractivity contribution in [2.75, 3.05) is 23.0 Å². The average molecular weight is 560 g/mol. The molecule has 39 heavy (non-hydrogen) atoms. The number of hydrogen-bond acceptors (Lipinski definition) is 7. The minimum absolute atomic E-state index is 0.0589. The summed E-state index contributed by atoms with van der Waals surface area (Å²) in [6.07, 6.45) is 3.24. The van der Waals surface area contributed by atoms with Crippen molar-refractivity contribution >= 4 is 46.6 Å². The highest BCUT2D eigenvalue weighted by atomic mass is 35.5. The molecule has 2 aromatic carbocycles. The summed E-state index contributed by atoms with van der Waals surface area (Å²) in [7, 11) is 0. The SMILES string of the molecule is CCOc1ccc(NC(=O)CSC2=C(C#N)[C@@H](c3ccncc3)C(C(=O)Nc3ccc(Cl)cc3)=C(C)N2)cc1. The van der Waals surface area contributed by atoms with Crippen molar-refractivity contribution in [1.82, 2.24) is 10.3 Å². The molecule has 3 aromatic rings. The quantitative estimate of drug-likeness (QED) is 0.301. The van der Waals surface area contributed by atoms with Crippen LogP contribution in [0.5, 0.6) is 5.75 Å². The smallest absolute Gasteiger partial charge is 0.254 e. The van der Waals surface area contributed by atoms with Crippen molar-refractivity contribution in [3.63, 3.8) is 0 Å². The van der Waals surface area contributed by atoms with E-state index in [0.717, 1.165) is 11.3 Å². The Balaban J connectivity index is 1.55. The number of amides is 2. The van der Waals surface area contributed by atoms with Gasteiger partial charge < -0.3 is 20.7 Å².